The largest absolute Gasteiger partial charge is 0.348 e. The van der Waals surface area contributed by atoms with E-state index in [0.29, 0.717) is 18.0 Å². The first-order valence-electron chi connectivity index (χ1n) is 7.59. The van der Waals surface area contributed by atoms with E-state index in [4.69, 9.17) is 11.6 Å². The summed E-state index contributed by atoms with van der Waals surface area (Å²) in [5.41, 5.74) is 0.984. The average molecular weight is 333 g/mol. The van der Waals surface area contributed by atoms with E-state index in [-0.39, 0.29) is 5.91 Å². The number of rotatable bonds is 3. The average Bonchev–Trinajstić information content (AvgIpc) is 3.24. The molecule has 2 bridgehead atoms. The predicted molar refractivity (Wildman–Crippen MR) is 90.5 cm³/mol. The van der Waals surface area contributed by atoms with E-state index < -0.39 is 0 Å². The highest BCUT2D eigenvalue weighted by molar-refractivity contribution is 7.17. The summed E-state index contributed by atoms with van der Waals surface area (Å²) in [6.07, 6.45) is 2.25. The summed E-state index contributed by atoms with van der Waals surface area (Å²) in [6.45, 7) is 1.03. The van der Waals surface area contributed by atoms with Crippen LogP contribution in [-0.2, 0) is 0 Å². The van der Waals surface area contributed by atoms with Gasteiger partial charge in [-0.05, 0) is 37.0 Å². The highest BCUT2D eigenvalue weighted by Crippen LogP contribution is 2.34. The first-order valence-corrected chi connectivity index (χ1v) is 8.79. The van der Waals surface area contributed by atoms with Crippen molar-refractivity contribution in [3.63, 3.8) is 0 Å². The molecular formula is C17H17ClN2OS. The Labute approximate surface area is 138 Å². The van der Waals surface area contributed by atoms with Crippen molar-refractivity contribution in [3.05, 3.63) is 46.3 Å². The lowest BCUT2D eigenvalue weighted by atomic mass is 10.0. The van der Waals surface area contributed by atoms with Crippen molar-refractivity contribution in [2.24, 2.45) is 5.92 Å². The first-order chi connectivity index (χ1) is 10.7. The lowest BCUT2D eigenvalue weighted by Gasteiger charge is -2.23. The van der Waals surface area contributed by atoms with Crippen LogP contribution in [0.15, 0.2) is 36.4 Å². The van der Waals surface area contributed by atoms with Crippen LogP contribution in [0.5, 0.6) is 0 Å². The fourth-order valence-electron chi connectivity index (χ4n) is 3.52. The topological polar surface area (TPSA) is 41.1 Å². The molecule has 1 aromatic carbocycles. The predicted octanol–water partition coefficient (Wildman–Crippen LogP) is 3.55. The van der Waals surface area contributed by atoms with Gasteiger partial charge in [0.05, 0.1) is 4.88 Å². The van der Waals surface area contributed by atoms with Crippen LogP contribution in [-0.4, -0.2) is 24.5 Å². The lowest BCUT2D eigenvalue weighted by Crippen LogP contribution is -2.43. The Bertz CT molecular complexity index is 714. The van der Waals surface area contributed by atoms with Crippen molar-refractivity contribution >= 4 is 28.8 Å². The number of hydrogen-bond donors (Lipinski definition) is 2. The maximum atomic E-state index is 12.5. The molecule has 2 N–H and O–H groups in total. The summed E-state index contributed by atoms with van der Waals surface area (Å²) in [5, 5.41) is 7.39. The highest BCUT2D eigenvalue weighted by Gasteiger charge is 2.40. The Kier molecular flexibility index (Phi) is 3.68. The van der Waals surface area contributed by atoms with Crippen molar-refractivity contribution in [2.75, 3.05) is 6.54 Å². The van der Waals surface area contributed by atoms with E-state index in [1.54, 1.807) is 0 Å². The Morgan fingerprint density at radius 3 is 2.82 bits per heavy atom. The van der Waals surface area contributed by atoms with Crippen LogP contribution in [0.3, 0.4) is 0 Å². The lowest BCUT2D eigenvalue weighted by molar-refractivity contribution is 0.0929. The number of halogens is 1. The van der Waals surface area contributed by atoms with Crippen LogP contribution >= 0.6 is 22.9 Å². The number of hydrogen-bond acceptors (Lipinski definition) is 3. The molecule has 3 nitrogen and oxygen atoms in total. The number of carbonyl (C=O) groups is 1. The van der Waals surface area contributed by atoms with Crippen LogP contribution in [0, 0.1) is 5.92 Å². The number of nitrogens with one attached hydrogen (secondary N) is 2. The van der Waals surface area contributed by atoms with E-state index >= 15 is 0 Å². The maximum absolute atomic E-state index is 12.5. The molecule has 0 radical (unpaired) electrons. The Hall–Kier alpha value is -1.36. The van der Waals surface area contributed by atoms with E-state index in [2.05, 4.69) is 10.6 Å². The van der Waals surface area contributed by atoms with Gasteiger partial charge in [0, 0.05) is 34.1 Å². The Morgan fingerprint density at radius 1 is 1.23 bits per heavy atom. The number of thiophene rings is 1. The van der Waals surface area contributed by atoms with Crippen LogP contribution < -0.4 is 10.6 Å². The molecule has 1 saturated heterocycles. The normalized spacial score (nSPS) is 26.3. The summed E-state index contributed by atoms with van der Waals surface area (Å²) in [5.74, 6) is 0.637. The second-order valence-corrected chi connectivity index (χ2v) is 7.55. The van der Waals surface area contributed by atoms with Crippen molar-refractivity contribution < 1.29 is 4.79 Å². The molecule has 1 aliphatic heterocycles. The molecule has 2 aliphatic rings. The van der Waals surface area contributed by atoms with E-state index in [9.17, 15) is 4.79 Å². The van der Waals surface area contributed by atoms with Gasteiger partial charge in [0.1, 0.15) is 0 Å². The maximum Gasteiger partial charge on any atom is 0.261 e. The molecule has 3 atom stereocenters. The molecule has 2 aromatic rings. The third kappa shape index (κ3) is 2.56. The van der Waals surface area contributed by atoms with Crippen molar-refractivity contribution in [2.45, 2.75) is 24.9 Å². The van der Waals surface area contributed by atoms with E-state index in [1.807, 2.05) is 36.4 Å². The second kappa shape index (κ2) is 5.69. The quantitative estimate of drug-likeness (QED) is 0.902. The monoisotopic (exact) mass is 332 g/mol. The minimum Gasteiger partial charge on any atom is -0.348 e. The van der Waals surface area contributed by atoms with Gasteiger partial charge in [-0.3, -0.25) is 4.79 Å². The van der Waals surface area contributed by atoms with Gasteiger partial charge in [0.25, 0.3) is 5.91 Å². The fraction of sp³-hybridized carbons (Fsp3) is 0.353. The zero-order chi connectivity index (χ0) is 15.1. The Morgan fingerprint density at radius 2 is 2.09 bits per heavy atom. The van der Waals surface area contributed by atoms with Crippen molar-refractivity contribution in [3.8, 4) is 10.4 Å². The number of fused-ring (bicyclic) bond motifs is 2. The van der Waals surface area contributed by atoms with Gasteiger partial charge in [0.15, 0.2) is 0 Å². The summed E-state index contributed by atoms with van der Waals surface area (Å²) in [7, 11) is 0. The number of carbonyl (C=O) groups excluding carboxylic acids is 1. The van der Waals surface area contributed by atoms with Crippen LogP contribution in [0.2, 0.25) is 5.02 Å². The Balaban J connectivity index is 1.49. The van der Waals surface area contributed by atoms with Gasteiger partial charge in [-0.25, -0.2) is 0 Å². The van der Waals surface area contributed by atoms with Gasteiger partial charge < -0.3 is 10.6 Å². The standard InChI is InChI=1S/C17H17ClN2OS/c18-13-4-2-1-3-12(13)15-5-6-16(22-15)17(21)20-14-8-11-7-10(14)9-19-11/h1-6,10-11,14,19H,7-9H2,(H,20,21). The van der Waals surface area contributed by atoms with Gasteiger partial charge in [-0.15, -0.1) is 11.3 Å². The molecule has 5 heteroatoms. The number of benzene rings is 1. The summed E-state index contributed by atoms with van der Waals surface area (Å²) in [6, 6.07) is 12.5. The number of amides is 1. The minimum atomic E-state index is 0.0425. The smallest absolute Gasteiger partial charge is 0.261 e. The highest BCUT2D eigenvalue weighted by atomic mass is 35.5. The SMILES string of the molecule is O=C(NC1CC2CC1CN2)c1ccc(-c2ccccc2Cl)s1. The molecule has 1 amide bonds. The van der Waals surface area contributed by atoms with Gasteiger partial charge >= 0.3 is 0 Å². The zero-order valence-corrected chi connectivity index (χ0v) is 13.6. The molecule has 3 unspecified atom stereocenters. The van der Waals surface area contributed by atoms with Crippen LogP contribution in [0.4, 0.5) is 0 Å². The molecule has 1 aromatic heterocycles. The third-order valence-electron chi connectivity index (χ3n) is 4.65. The number of piperidine rings is 1. The van der Waals surface area contributed by atoms with Gasteiger partial charge in [-0.2, -0.15) is 0 Å². The summed E-state index contributed by atoms with van der Waals surface area (Å²) >= 11 is 7.73. The zero-order valence-electron chi connectivity index (χ0n) is 12.0. The van der Waals surface area contributed by atoms with Crippen LogP contribution in [0.25, 0.3) is 10.4 Å². The molecule has 22 heavy (non-hydrogen) atoms. The summed E-state index contributed by atoms with van der Waals surface area (Å²) < 4.78 is 0. The molecule has 114 valence electrons. The minimum absolute atomic E-state index is 0.0425. The molecular weight excluding hydrogens is 316 g/mol. The van der Waals surface area contributed by atoms with Crippen molar-refractivity contribution in [1.82, 2.24) is 10.6 Å². The molecule has 1 aliphatic carbocycles. The molecule has 2 fully saturated rings. The van der Waals surface area contributed by atoms with E-state index in [1.165, 1.54) is 17.8 Å². The summed E-state index contributed by atoms with van der Waals surface area (Å²) in [4.78, 5) is 14.2. The third-order valence-corrected chi connectivity index (χ3v) is 6.10. The first kappa shape index (κ1) is 14.2. The van der Waals surface area contributed by atoms with E-state index in [0.717, 1.165) is 33.3 Å². The molecule has 1 saturated carbocycles. The molecule has 2 heterocycles. The van der Waals surface area contributed by atoms with Crippen LogP contribution in [0.1, 0.15) is 22.5 Å². The van der Waals surface area contributed by atoms with Gasteiger partial charge in [-0.1, -0.05) is 29.8 Å². The molecule has 4 rings (SSSR count). The fourth-order valence-corrected chi connectivity index (χ4v) is 4.76. The molecule has 0 spiro atoms. The van der Waals surface area contributed by atoms with Crippen molar-refractivity contribution in [1.29, 1.82) is 0 Å². The van der Waals surface area contributed by atoms with Gasteiger partial charge in [0.2, 0.25) is 0 Å². The second-order valence-electron chi connectivity index (χ2n) is 6.06.